The van der Waals surface area contributed by atoms with Gasteiger partial charge in [0.05, 0.1) is 25.9 Å². The van der Waals surface area contributed by atoms with Crippen molar-refractivity contribution < 1.29 is 19.1 Å². The Bertz CT molecular complexity index is 874. The van der Waals surface area contributed by atoms with E-state index >= 15 is 0 Å². The highest BCUT2D eigenvalue weighted by molar-refractivity contribution is 9.10. The minimum Gasteiger partial charge on any atom is -0.497 e. The molecule has 0 aromatic heterocycles. The zero-order valence-electron chi connectivity index (χ0n) is 15.5. The van der Waals surface area contributed by atoms with Crippen LogP contribution in [0, 0.1) is 0 Å². The molecule has 6 nitrogen and oxygen atoms in total. The van der Waals surface area contributed by atoms with Gasteiger partial charge in [-0.05, 0) is 51.8 Å². The van der Waals surface area contributed by atoms with E-state index in [0.717, 1.165) is 11.3 Å². The van der Waals surface area contributed by atoms with Crippen LogP contribution >= 0.6 is 15.9 Å². The SMILES string of the molecule is COc1ccc(/C=C(/NC(=O)c2ccccc2Br)C(=O)N2CCOCC2)cc1. The fourth-order valence-electron chi connectivity index (χ4n) is 2.79. The summed E-state index contributed by atoms with van der Waals surface area (Å²) < 4.78 is 11.1. The number of carbonyl (C=O) groups excluding carboxylic acids is 2. The lowest BCUT2D eigenvalue weighted by Gasteiger charge is -2.28. The van der Waals surface area contributed by atoms with Crippen LogP contribution in [0.15, 0.2) is 58.7 Å². The monoisotopic (exact) mass is 444 g/mol. The van der Waals surface area contributed by atoms with E-state index in [0.29, 0.717) is 36.3 Å². The van der Waals surface area contributed by atoms with Gasteiger partial charge in [-0.25, -0.2) is 0 Å². The van der Waals surface area contributed by atoms with Gasteiger partial charge >= 0.3 is 0 Å². The molecule has 2 aromatic rings. The number of halogens is 1. The van der Waals surface area contributed by atoms with Gasteiger partial charge in [-0.15, -0.1) is 0 Å². The second kappa shape index (κ2) is 9.52. The van der Waals surface area contributed by atoms with E-state index in [1.165, 1.54) is 0 Å². The van der Waals surface area contributed by atoms with Crippen LogP contribution in [0.2, 0.25) is 0 Å². The second-order valence-corrected chi connectivity index (χ2v) is 7.02. The molecule has 0 spiro atoms. The number of morpholine rings is 1. The number of rotatable bonds is 5. The molecule has 1 fully saturated rings. The van der Waals surface area contributed by atoms with Gasteiger partial charge in [0.1, 0.15) is 11.4 Å². The fraction of sp³-hybridized carbons (Fsp3) is 0.238. The quantitative estimate of drug-likeness (QED) is 0.719. The minimum atomic E-state index is -0.353. The Morgan fingerprint density at radius 2 is 1.79 bits per heavy atom. The number of hydrogen-bond acceptors (Lipinski definition) is 4. The van der Waals surface area contributed by atoms with Crippen LogP contribution in [0.1, 0.15) is 15.9 Å². The van der Waals surface area contributed by atoms with Gasteiger partial charge in [-0.2, -0.15) is 0 Å². The van der Waals surface area contributed by atoms with Crippen LogP contribution in [0.5, 0.6) is 5.75 Å². The van der Waals surface area contributed by atoms with Crippen molar-refractivity contribution in [1.29, 1.82) is 0 Å². The molecule has 7 heteroatoms. The van der Waals surface area contributed by atoms with Gasteiger partial charge in [0.15, 0.2) is 0 Å². The van der Waals surface area contributed by atoms with Gasteiger partial charge in [0.2, 0.25) is 0 Å². The number of carbonyl (C=O) groups is 2. The highest BCUT2D eigenvalue weighted by Crippen LogP contribution is 2.18. The molecule has 1 heterocycles. The van der Waals surface area contributed by atoms with E-state index in [4.69, 9.17) is 9.47 Å². The normalized spacial score (nSPS) is 14.5. The Morgan fingerprint density at radius 3 is 2.43 bits per heavy atom. The molecule has 3 rings (SSSR count). The number of methoxy groups -OCH3 is 1. The van der Waals surface area contributed by atoms with Gasteiger partial charge in [0.25, 0.3) is 11.8 Å². The molecule has 146 valence electrons. The summed E-state index contributed by atoms with van der Waals surface area (Å²) in [6.07, 6.45) is 1.67. The number of ether oxygens (including phenoxy) is 2. The maximum absolute atomic E-state index is 13.0. The zero-order valence-corrected chi connectivity index (χ0v) is 17.1. The maximum atomic E-state index is 13.0. The molecule has 1 aliphatic rings. The van der Waals surface area contributed by atoms with Crippen molar-refractivity contribution >= 4 is 33.8 Å². The Hall–Kier alpha value is -2.64. The number of nitrogens with zero attached hydrogens (tertiary/aromatic N) is 1. The largest absolute Gasteiger partial charge is 0.497 e. The lowest BCUT2D eigenvalue weighted by Crippen LogP contribution is -2.44. The molecule has 0 bridgehead atoms. The lowest BCUT2D eigenvalue weighted by atomic mass is 10.1. The van der Waals surface area contributed by atoms with Crippen LogP contribution in [0.25, 0.3) is 6.08 Å². The van der Waals surface area contributed by atoms with Crippen LogP contribution < -0.4 is 10.1 Å². The second-order valence-electron chi connectivity index (χ2n) is 6.17. The average molecular weight is 445 g/mol. The Labute approximate surface area is 172 Å². The third kappa shape index (κ3) is 4.99. The lowest BCUT2D eigenvalue weighted by molar-refractivity contribution is -0.131. The summed E-state index contributed by atoms with van der Waals surface area (Å²) in [5.74, 6) is 0.129. The van der Waals surface area contributed by atoms with Crippen LogP contribution in [0.4, 0.5) is 0 Å². The highest BCUT2D eigenvalue weighted by Gasteiger charge is 2.23. The number of amides is 2. The van der Waals surface area contributed by atoms with Crippen molar-refractivity contribution in [2.45, 2.75) is 0 Å². The average Bonchev–Trinajstić information content (AvgIpc) is 2.74. The predicted octanol–water partition coefficient (Wildman–Crippen LogP) is 3.09. The number of benzene rings is 2. The molecule has 2 aromatic carbocycles. The Kier molecular flexibility index (Phi) is 6.84. The molecule has 1 aliphatic heterocycles. The van der Waals surface area contributed by atoms with Gasteiger partial charge in [-0.3, -0.25) is 9.59 Å². The molecule has 0 unspecified atom stereocenters. The van der Waals surface area contributed by atoms with Crippen molar-refractivity contribution in [2.75, 3.05) is 33.4 Å². The third-order valence-corrected chi connectivity index (χ3v) is 5.01. The number of hydrogen-bond donors (Lipinski definition) is 1. The van der Waals surface area contributed by atoms with E-state index in [9.17, 15) is 9.59 Å². The molecule has 0 atom stereocenters. The zero-order chi connectivity index (χ0) is 19.9. The predicted molar refractivity (Wildman–Crippen MR) is 110 cm³/mol. The molecule has 2 amide bonds. The van der Waals surface area contributed by atoms with Gasteiger partial charge < -0.3 is 19.7 Å². The van der Waals surface area contributed by atoms with Crippen molar-refractivity contribution in [2.24, 2.45) is 0 Å². The molecule has 0 radical (unpaired) electrons. The maximum Gasteiger partial charge on any atom is 0.270 e. The van der Waals surface area contributed by atoms with Crippen molar-refractivity contribution in [1.82, 2.24) is 10.2 Å². The van der Waals surface area contributed by atoms with Gasteiger partial charge in [-0.1, -0.05) is 24.3 Å². The van der Waals surface area contributed by atoms with Crippen LogP contribution in [-0.4, -0.2) is 50.1 Å². The summed E-state index contributed by atoms with van der Waals surface area (Å²) in [5.41, 5.74) is 1.45. The van der Waals surface area contributed by atoms with E-state index < -0.39 is 0 Å². The van der Waals surface area contributed by atoms with E-state index in [1.54, 1.807) is 48.4 Å². The molecular weight excluding hydrogens is 424 g/mol. The molecule has 28 heavy (non-hydrogen) atoms. The Balaban J connectivity index is 1.88. The minimum absolute atomic E-state index is 0.216. The summed E-state index contributed by atoms with van der Waals surface area (Å²) in [7, 11) is 1.59. The van der Waals surface area contributed by atoms with E-state index in [-0.39, 0.29) is 17.5 Å². The summed E-state index contributed by atoms with van der Waals surface area (Å²) in [6.45, 7) is 1.95. The first kappa shape index (κ1) is 20.1. The van der Waals surface area contributed by atoms with Crippen molar-refractivity contribution in [3.05, 3.63) is 69.8 Å². The molecule has 1 N–H and O–H groups in total. The van der Waals surface area contributed by atoms with E-state index in [2.05, 4.69) is 21.2 Å². The molecule has 0 aliphatic carbocycles. The summed E-state index contributed by atoms with van der Waals surface area (Å²) in [6, 6.07) is 14.3. The van der Waals surface area contributed by atoms with Crippen LogP contribution in [-0.2, 0) is 9.53 Å². The summed E-state index contributed by atoms with van der Waals surface area (Å²) in [5, 5.41) is 2.78. The highest BCUT2D eigenvalue weighted by atomic mass is 79.9. The summed E-state index contributed by atoms with van der Waals surface area (Å²) >= 11 is 3.38. The number of nitrogens with one attached hydrogen (secondary N) is 1. The smallest absolute Gasteiger partial charge is 0.270 e. The van der Waals surface area contributed by atoms with Gasteiger partial charge in [0, 0.05) is 17.6 Å². The fourth-order valence-corrected chi connectivity index (χ4v) is 3.25. The Morgan fingerprint density at radius 1 is 1.11 bits per heavy atom. The first-order chi connectivity index (χ1) is 13.6. The van der Waals surface area contributed by atoms with E-state index in [1.807, 2.05) is 18.2 Å². The first-order valence-corrected chi connectivity index (χ1v) is 9.66. The first-order valence-electron chi connectivity index (χ1n) is 8.87. The van der Waals surface area contributed by atoms with Crippen LogP contribution in [0.3, 0.4) is 0 Å². The molecule has 0 saturated carbocycles. The van der Waals surface area contributed by atoms with Crippen molar-refractivity contribution in [3.8, 4) is 5.75 Å². The van der Waals surface area contributed by atoms with Crippen molar-refractivity contribution in [3.63, 3.8) is 0 Å². The third-order valence-electron chi connectivity index (χ3n) is 4.32. The standard InChI is InChI=1S/C21H21BrN2O4/c1-27-16-8-6-15(7-9-16)14-19(21(26)24-10-12-28-13-11-24)23-20(25)17-4-2-3-5-18(17)22/h2-9,14H,10-13H2,1H3,(H,23,25)/b19-14+. The topological polar surface area (TPSA) is 67.9 Å². The molecular formula is C21H21BrN2O4. The summed E-state index contributed by atoms with van der Waals surface area (Å²) in [4.78, 5) is 27.5. The molecule has 1 saturated heterocycles.